The highest BCUT2D eigenvalue weighted by Gasteiger charge is 2.30. The highest BCUT2D eigenvalue weighted by Crippen LogP contribution is 2.30. The summed E-state index contributed by atoms with van der Waals surface area (Å²) in [6, 6.07) is 19.8. The maximum absolute atomic E-state index is 14.2. The molecule has 2 aromatic carbocycles. The van der Waals surface area contributed by atoms with Gasteiger partial charge in [0.2, 0.25) is 5.91 Å². The van der Waals surface area contributed by atoms with Crippen LogP contribution in [0.1, 0.15) is 36.1 Å². The molecule has 4 N–H and O–H groups in total. The van der Waals surface area contributed by atoms with Gasteiger partial charge in [0.1, 0.15) is 12.2 Å². The van der Waals surface area contributed by atoms with Crippen molar-refractivity contribution in [3.8, 4) is 22.5 Å². The van der Waals surface area contributed by atoms with Crippen LogP contribution in [0.5, 0.6) is 0 Å². The second-order valence-corrected chi connectivity index (χ2v) is 14.0. The van der Waals surface area contributed by atoms with E-state index < -0.39 is 35.9 Å². The molecule has 0 saturated heterocycles. The summed E-state index contributed by atoms with van der Waals surface area (Å²) in [5.41, 5.74) is 4.16. The van der Waals surface area contributed by atoms with Gasteiger partial charge in [0.15, 0.2) is 12.2 Å². The van der Waals surface area contributed by atoms with Crippen LogP contribution in [0.3, 0.4) is 0 Å². The van der Waals surface area contributed by atoms with Crippen molar-refractivity contribution < 1.29 is 48.0 Å². The lowest BCUT2D eigenvalue weighted by Crippen LogP contribution is -2.40. The summed E-state index contributed by atoms with van der Waals surface area (Å²) in [5, 5.41) is 41.4. The van der Waals surface area contributed by atoms with Crippen molar-refractivity contribution in [2.75, 3.05) is 26.2 Å². The number of carboxylic acids is 2. The Bertz CT molecular complexity index is 2470. The Hall–Kier alpha value is -6.70. The molecule has 0 aliphatic heterocycles. The molecule has 322 valence electrons. The molecule has 4 aromatic heterocycles. The first-order valence-corrected chi connectivity index (χ1v) is 19.1. The topological polar surface area (TPSA) is 209 Å². The van der Waals surface area contributed by atoms with Gasteiger partial charge in [0.25, 0.3) is 5.56 Å². The number of aliphatic hydroxyl groups excluding tert-OH is 2. The van der Waals surface area contributed by atoms with Crippen LogP contribution in [0.2, 0.25) is 0 Å². The van der Waals surface area contributed by atoms with Gasteiger partial charge < -0.3 is 34.8 Å². The molecule has 61 heavy (non-hydrogen) atoms. The van der Waals surface area contributed by atoms with Crippen LogP contribution in [0.15, 0.2) is 102 Å². The number of carbonyl (C=O) groups is 3. The van der Waals surface area contributed by atoms with Gasteiger partial charge in [-0.2, -0.15) is 27.9 Å². The Kier molecular flexibility index (Phi) is 14.9. The number of aliphatic carboxylic acids is 2. The SMILES string of the molecule is CCN(CC)CCN(Cc1ccc(-c2ccc(C(F)(F)F)cc2)nc1)C(=O)Cn1cc(Cc2cnn(C)c2)c(=O)n2nc(-c3ccccc3)cc12.O=C(O)[C@H](O)[C@@H](O)C(=O)O. The fourth-order valence-corrected chi connectivity index (χ4v) is 6.30. The van der Waals surface area contributed by atoms with Crippen LogP contribution in [0.25, 0.3) is 28.2 Å². The summed E-state index contributed by atoms with van der Waals surface area (Å²) in [6.07, 6.45) is -1.68. The lowest BCUT2D eigenvalue weighted by molar-refractivity contribution is -0.165. The number of likely N-dealkylation sites (N-methyl/N-ethyl adjacent to an activating group) is 1. The van der Waals surface area contributed by atoms with E-state index in [4.69, 9.17) is 20.4 Å². The maximum atomic E-state index is 14.2. The molecule has 0 bridgehead atoms. The number of fused-ring (bicyclic) bond motifs is 1. The first kappa shape index (κ1) is 45.4. The van der Waals surface area contributed by atoms with E-state index in [0.717, 1.165) is 41.9 Å². The third kappa shape index (κ3) is 11.7. The van der Waals surface area contributed by atoms with E-state index in [1.54, 1.807) is 38.8 Å². The molecule has 0 fully saturated rings. The Balaban J connectivity index is 0.000000626. The standard InChI is InChI=1S/C38H39F3N8O2.C4H6O6/c1-4-46(5-2)17-18-47(24-27-11-16-33(42-21-27)30-12-14-32(15-13-30)38(39,40)41)36(50)26-48-25-31(19-28-22-43-45(3)23-28)37(51)49-35(48)20-34(44-49)29-9-7-6-8-10-29;5-1(3(7)8)2(6)4(9)10/h6-16,20-23,25H,4-5,17-19,24,26H2,1-3H3;1-2,5-6H,(H,7,8)(H,9,10)/t;1-,2-/m.1/s1. The predicted octanol–water partition coefficient (Wildman–Crippen LogP) is 3.82. The summed E-state index contributed by atoms with van der Waals surface area (Å²) in [5.74, 6) is -3.70. The number of benzene rings is 2. The van der Waals surface area contributed by atoms with Crippen LogP contribution < -0.4 is 5.56 Å². The summed E-state index contributed by atoms with van der Waals surface area (Å²) in [4.78, 5) is 56.0. The summed E-state index contributed by atoms with van der Waals surface area (Å²) < 4.78 is 44.0. The molecule has 2 atom stereocenters. The fraction of sp³-hybridized carbons (Fsp3) is 0.310. The highest BCUT2D eigenvalue weighted by atomic mass is 19.4. The van der Waals surface area contributed by atoms with E-state index in [-0.39, 0.29) is 24.6 Å². The maximum Gasteiger partial charge on any atom is 0.416 e. The van der Waals surface area contributed by atoms with Crippen LogP contribution in [0, 0.1) is 0 Å². The lowest BCUT2D eigenvalue weighted by Gasteiger charge is -2.27. The van der Waals surface area contributed by atoms with Gasteiger partial charge in [0.05, 0.1) is 23.1 Å². The Morgan fingerprint density at radius 1 is 0.803 bits per heavy atom. The molecule has 1 amide bonds. The normalized spacial score (nSPS) is 12.5. The minimum Gasteiger partial charge on any atom is -0.479 e. The second-order valence-electron chi connectivity index (χ2n) is 14.0. The number of rotatable bonds is 16. The molecular formula is C42H45F3N8O8. The average Bonchev–Trinajstić information content (AvgIpc) is 3.89. The number of aryl methyl sites for hydroxylation is 1. The smallest absolute Gasteiger partial charge is 0.416 e. The fourth-order valence-electron chi connectivity index (χ4n) is 6.30. The third-order valence-electron chi connectivity index (χ3n) is 9.74. The predicted molar refractivity (Wildman–Crippen MR) is 216 cm³/mol. The third-order valence-corrected chi connectivity index (χ3v) is 9.74. The summed E-state index contributed by atoms with van der Waals surface area (Å²) in [6.45, 7) is 7.15. The zero-order valence-electron chi connectivity index (χ0n) is 33.5. The number of carboxylic acid groups (broad SMARTS) is 2. The average molecular weight is 847 g/mol. The van der Waals surface area contributed by atoms with Crippen molar-refractivity contribution in [3.63, 3.8) is 0 Å². The van der Waals surface area contributed by atoms with E-state index >= 15 is 0 Å². The first-order chi connectivity index (χ1) is 29.0. The van der Waals surface area contributed by atoms with E-state index in [0.29, 0.717) is 47.7 Å². The minimum atomic E-state index is -4.42. The zero-order valence-corrected chi connectivity index (χ0v) is 33.5. The van der Waals surface area contributed by atoms with Crippen LogP contribution in [-0.4, -0.2) is 115 Å². The molecule has 4 heterocycles. The Labute approximate surface area is 347 Å². The first-order valence-electron chi connectivity index (χ1n) is 19.1. The molecule has 6 rings (SSSR count). The number of halogens is 3. The Morgan fingerprint density at radius 2 is 1.44 bits per heavy atom. The highest BCUT2D eigenvalue weighted by molar-refractivity contribution is 5.83. The monoisotopic (exact) mass is 846 g/mol. The number of alkyl halides is 3. The van der Waals surface area contributed by atoms with Crippen molar-refractivity contribution in [2.45, 2.75) is 51.7 Å². The van der Waals surface area contributed by atoms with E-state index in [1.807, 2.05) is 55.7 Å². The largest absolute Gasteiger partial charge is 0.479 e. The summed E-state index contributed by atoms with van der Waals surface area (Å²) in [7, 11) is 1.81. The molecular weight excluding hydrogens is 802 g/mol. The van der Waals surface area contributed by atoms with E-state index in [2.05, 4.69) is 33.9 Å². The van der Waals surface area contributed by atoms with Gasteiger partial charge in [-0.05, 0) is 42.4 Å². The molecule has 16 nitrogen and oxygen atoms in total. The lowest BCUT2D eigenvalue weighted by atomic mass is 10.1. The van der Waals surface area contributed by atoms with E-state index in [9.17, 15) is 32.3 Å². The van der Waals surface area contributed by atoms with Gasteiger partial charge in [0, 0.05) is 74.5 Å². The van der Waals surface area contributed by atoms with Crippen molar-refractivity contribution in [2.24, 2.45) is 7.05 Å². The molecule has 6 aromatic rings. The van der Waals surface area contributed by atoms with Crippen molar-refractivity contribution in [3.05, 3.63) is 130 Å². The number of nitrogens with zero attached hydrogens (tertiary/aromatic N) is 8. The second kappa shape index (κ2) is 20.0. The molecule has 0 saturated carbocycles. The van der Waals surface area contributed by atoms with Crippen molar-refractivity contribution >= 4 is 23.5 Å². The van der Waals surface area contributed by atoms with Crippen LogP contribution in [-0.2, 0) is 47.1 Å². The van der Waals surface area contributed by atoms with Gasteiger partial charge >= 0.3 is 18.1 Å². The molecule has 19 heteroatoms. The number of hydrogen-bond donors (Lipinski definition) is 4. The number of pyridine rings is 1. The number of aromatic nitrogens is 6. The van der Waals surface area contributed by atoms with Crippen LogP contribution in [0.4, 0.5) is 13.2 Å². The number of aliphatic hydroxyl groups is 2. The van der Waals surface area contributed by atoms with Gasteiger partial charge in [-0.3, -0.25) is 19.3 Å². The summed E-state index contributed by atoms with van der Waals surface area (Å²) >= 11 is 0. The zero-order chi connectivity index (χ0) is 44.4. The molecule has 0 aliphatic rings. The number of amides is 1. The van der Waals surface area contributed by atoms with Crippen LogP contribution >= 0.6 is 0 Å². The molecule has 0 radical (unpaired) electrons. The number of carbonyl (C=O) groups excluding carboxylic acids is 1. The van der Waals surface area contributed by atoms with E-state index in [1.165, 1.54) is 16.6 Å². The Morgan fingerprint density at radius 3 is 1.98 bits per heavy atom. The van der Waals surface area contributed by atoms with Crippen molar-refractivity contribution in [1.82, 2.24) is 38.7 Å². The number of hydrogen-bond acceptors (Lipinski definition) is 10. The minimum absolute atomic E-state index is 0.0426. The van der Waals surface area contributed by atoms with Gasteiger partial charge in [-0.15, -0.1) is 0 Å². The quantitative estimate of drug-likeness (QED) is 0.110. The van der Waals surface area contributed by atoms with Crippen molar-refractivity contribution in [1.29, 1.82) is 0 Å². The van der Waals surface area contributed by atoms with Gasteiger partial charge in [-0.25, -0.2) is 9.59 Å². The molecule has 0 spiro atoms. The molecule has 0 unspecified atom stereocenters. The molecule has 0 aliphatic carbocycles. The van der Waals surface area contributed by atoms with Gasteiger partial charge in [-0.1, -0.05) is 62.4 Å².